The molecule has 1 rings (SSSR count). The maximum absolute atomic E-state index is 11.5. The molecule has 0 radical (unpaired) electrons. The Bertz CT molecular complexity index is 352. The maximum atomic E-state index is 11.5. The van der Waals surface area contributed by atoms with Gasteiger partial charge < -0.3 is 20.5 Å². The van der Waals surface area contributed by atoms with Gasteiger partial charge in [-0.25, -0.2) is 0 Å². The number of ether oxygens (including phenoxy) is 2. The Morgan fingerprint density at radius 3 is 2.61 bits per heavy atom. The second-order valence-corrected chi connectivity index (χ2v) is 3.78. The van der Waals surface area contributed by atoms with Crippen LogP contribution in [0.2, 0.25) is 0 Å². The molecule has 0 aliphatic carbocycles. The zero-order chi connectivity index (χ0) is 13.2. The van der Waals surface area contributed by atoms with E-state index in [2.05, 4.69) is 5.32 Å². The lowest BCUT2D eigenvalue weighted by molar-refractivity contribution is -0.122. The van der Waals surface area contributed by atoms with Crippen molar-refractivity contribution in [3.63, 3.8) is 0 Å². The zero-order valence-electron chi connectivity index (χ0n) is 10.6. The van der Waals surface area contributed by atoms with E-state index < -0.39 is 0 Å². The van der Waals surface area contributed by atoms with Gasteiger partial charge in [-0.15, -0.1) is 0 Å². The summed E-state index contributed by atoms with van der Waals surface area (Å²) in [6.45, 7) is 1.89. The molecule has 0 saturated heterocycles. The molecule has 0 saturated carbocycles. The van der Waals surface area contributed by atoms with Crippen molar-refractivity contribution in [3.8, 4) is 5.75 Å². The first kappa shape index (κ1) is 14.5. The van der Waals surface area contributed by atoms with Crippen molar-refractivity contribution < 1.29 is 14.3 Å². The predicted octanol–water partition coefficient (Wildman–Crippen LogP) is 0.677. The van der Waals surface area contributed by atoms with E-state index in [1.807, 2.05) is 24.3 Å². The number of carbonyl (C=O) groups is 1. The smallest absolute Gasteiger partial charge is 0.222 e. The van der Waals surface area contributed by atoms with Crippen LogP contribution in [0, 0.1) is 0 Å². The summed E-state index contributed by atoms with van der Waals surface area (Å²) in [5, 5.41) is 2.82. The highest BCUT2D eigenvalue weighted by molar-refractivity contribution is 5.75. The Labute approximate surface area is 107 Å². The van der Waals surface area contributed by atoms with E-state index in [9.17, 15) is 4.79 Å². The molecule has 5 heteroatoms. The average Bonchev–Trinajstić information content (AvgIpc) is 2.42. The highest BCUT2D eigenvalue weighted by atomic mass is 16.5. The number of hydrogen-bond acceptors (Lipinski definition) is 4. The SMILES string of the molecule is COc1ccc(CNC(=O)CCOCCN)cc1. The second kappa shape index (κ2) is 8.49. The molecule has 0 aliphatic heterocycles. The Hall–Kier alpha value is -1.59. The number of methoxy groups -OCH3 is 1. The topological polar surface area (TPSA) is 73.6 Å². The van der Waals surface area contributed by atoms with Crippen LogP contribution in [0.4, 0.5) is 0 Å². The summed E-state index contributed by atoms with van der Waals surface area (Å²) in [6.07, 6.45) is 0.357. The second-order valence-electron chi connectivity index (χ2n) is 3.78. The highest BCUT2D eigenvalue weighted by Gasteiger charge is 2.01. The molecule has 1 amide bonds. The molecule has 0 fully saturated rings. The number of nitrogens with one attached hydrogen (secondary N) is 1. The van der Waals surface area contributed by atoms with Crippen LogP contribution in [0.5, 0.6) is 5.75 Å². The van der Waals surface area contributed by atoms with Gasteiger partial charge in [-0.05, 0) is 17.7 Å². The van der Waals surface area contributed by atoms with Crippen molar-refractivity contribution in [2.24, 2.45) is 5.73 Å². The van der Waals surface area contributed by atoms with Gasteiger partial charge in [-0.1, -0.05) is 12.1 Å². The van der Waals surface area contributed by atoms with Crippen molar-refractivity contribution in [1.29, 1.82) is 0 Å². The number of carbonyl (C=O) groups excluding carboxylic acids is 1. The Balaban J connectivity index is 2.20. The molecule has 18 heavy (non-hydrogen) atoms. The quantitative estimate of drug-likeness (QED) is 0.667. The molecule has 1 aromatic carbocycles. The fourth-order valence-electron chi connectivity index (χ4n) is 1.38. The molecule has 0 atom stereocenters. The fraction of sp³-hybridized carbons (Fsp3) is 0.462. The van der Waals surface area contributed by atoms with Crippen LogP contribution in [0.1, 0.15) is 12.0 Å². The number of amides is 1. The molecule has 100 valence electrons. The first-order valence-electron chi connectivity index (χ1n) is 5.93. The summed E-state index contributed by atoms with van der Waals surface area (Å²) in [4.78, 5) is 11.5. The van der Waals surface area contributed by atoms with E-state index in [-0.39, 0.29) is 5.91 Å². The normalized spacial score (nSPS) is 10.1. The predicted molar refractivity (Wildman–Crippen MR) is 69.3 cm³/mol. The molecule has 0 aliphatic rings. The van der Waals surface area contributed by atoms with Gasteiger partial charge in [0.2, 0.25) is 5.91 Å². The van der Waals surface area contributed by atoms with Crippen molar-refractivity contribution >= 4 is 5.91 Å². The molecule has 0 heterocycles. The Morgan fingerprint density at radius 1 is 1.28 bits per heavy atom. The van der Waals surface area contributed by atoms with Gasteiger partial charge in [-0.2, -0.15) is 0 Å². The number of nitrogens with two attached hydrogens (primary N) is 1. The third-order valence-corrected chi connectivity index (χ3v) is 2.38. The molecule has 5 nitrogen and oxygen atoms in total. The summed E-state index contributed by atoms with van der Waals surface area (Å²) < 4.78 is 10.2. The van der Waals surface area contributed by atoms with Gasteiger partial charge in [0.25, 0.3) is 0 Å². The Kier molecular flexibility index (Phi) is 6.83. The van der Waals surface area contributed by atoms with Crippen molar-refractivity contribution in [1.82, 2.24) is 5.32 Å². The lowest BCUT2D eigenvalue weighted by atomic mass is 10.2. The van der Waals surface area contributed by atoms with Crippen LogP contribution >= 0.6 is 0 Å². The summed E-state index contributed by atoms with van der Waals surface area (Å²) >= 11 is 0. The zero-order valence-corrected chi connectivity index (χ0v) is 10.6. The van der Waals surface area contributed by atoms with Gasteiger partial charge in [-0.3, -0.25) is 4.79 Å². The van der Waals surface area contributed by atoms with E-state index in [1.54, 1.807) is 7.11 Å². The maximum Gasteiger partial charge on any atom is 0.222 e. The summed E-state index contributed by atoms with van der Waals surface area (Å²) in [5.41, 5.74) is 6.30. The largest absolute Gasteiger partial charge is 0.497 e. The van der Waals surface area contributed by atoms with Gasteiger partial charge >= 0.3 is 0 Å². The first-order valence-corrected chi connectivity index (χ1v) is 5.93. The molecular formula is C13H20N2O3. The minimum Gasteiger partial charge on any atom is -0.497 e. The van der Waals surface area contributed by atoms with Crippen LogP contribution in [-0.4, -0.2) is 32.8 Å². The summed E-state index contributed by atoms with van der Waals surface area (Å²) in [5.74, 6) is 0.781. The lowest BCUT2D eigenvalue weighted by Crippen LogP contribution is -2.24. The van der Waals surface area contributed by atoms with Crippen molar-refractivity contribution in [3.05, 3.63) is 29.8 Å². The highest BCUT2D eigenvalue weighted by Crippen LogP contribution is 2.10. The van der Waals surface area contributed by atoms with Gasteiger partial charge in [0.1, 0.15) is 5.75 Å². The van der Waals surface area contributed by atoms with Crippen LogP contribution < -0.4 is 15.8 Å². The van der Waals surface area contributed by atoms with Crippen LogP contribution in [0.25, 0.3) is 0 Å². The van der Waals surface area contributed by atoms with Crippen LogP contribution in [0.3, 0.4) is 0 Å². The molecule has 3 N–H and O–H groups in total. The number of rotatable bonds is 8. The molecule has 1 aromatic rings. The standard InChI is InChI=1S/C13H20N2O3/c1-17-12-4-2-11(3-5-12)10-15-13(16)6-8-18-9-7-14/h2-5H,6-10,14H2,1H3,(H,15,16). The van der Waals surface area contributed by atoms with Crippen LogP contribution in [0.15, 0.2) is 24.3 Å². The lowest BCUT2D eigenvalue weighted by Gasteiger charge is -2.06. The van der Waals surface area contributed by atoms with Crippen molar-refractivity contribution in [2.75, 3.05) is 26.9 Å². The number of benzene rings is 1. The van der Waals surface area contributed by atoms with Gasteiger partial charge in [0.05, 0.1) is 20.3 Å². The monoisotopic (exact) mass is 252 g/mol. The third-order valence-electron chi connectivity index (χ3n) is 2.38. The average molecular weight is 252 g/mol. The number of hydrogen-bond donors (Lipinski definition) is 2. The van der Waals surface area contributed by atoms with Crippen molar-refractivity contribution in [2.45, 2.75) is 13.0 Å². The van der Waals surface area contributed by atoms with E-state index in [4.69, 9.17) is 15.2 Å². The molecule has 0 unspecified atom stereocenters. The minimum atomic E-state index is -0.0251. The fourth-order valence-corrected chi connectivity index (χ4v) is 1.38. The third kappa shape index (κ3) is 5.65. The molecule has 0 spiro atoms. The van der Waals surface area contributed by atoms with E-state index in [0.717, 1.165) is 11.3 Å². The van der Waals surface area contributed by atoms with E-state index in [1.165, 1.54) is 0 Å². The van der Waals surface area contributed by atoms with Gasteiger partial charge in [0.15, 0.2) is 0 Å². The van der Waals surface area contributed by atoms with E-state index >= 15 is 0 Å². The minimum absolute atomic E-state index is 0.0251. The Morgan fingerprint density at radius 2 is 2.00 bits per heavy atom. The van der Waals surface area contributed by atoms with Gasteiger partial charge in [0, 0.05) is 19.5 Å². The molecular weight excluding hydrogens is 232 g/mol. The summed E-state index contributed by atoms with van der Waals surface area (Å²) in [6, 6.07) is 7.58. The first-order chi connectivity index (χ1) is 8.76. The molecule has 0 aromatic heterocycles. The summed E-state index contributed by atoms with van der Waals surface area (Å²) in [7, 11) is 1.62. The molecule has 0 bridgehead atoms. The van der Waals surface area contributed by atoms with Crippen LogP contribution in [-0.2, 0) is 16.1 Å². The van der Waals surface area contributed by atoms with E-state index in [0.29, 0.717) is 32.7 Å².